The number of halogens is 2. The number of rotatable bonds is 1. The van der Waals surface area contributed by atoms with Gasteiger partial charge in [0.25, 0.3) is 0 Å². The second kappa shape index (κ2) is 3.87. The van der Waals surface area contributed by atoms with Gasteiger partial charge >= 0.3 is 0 Å². The van der Waals surface area contributed by atoms with Crippen molar-refractivity contribution in [2.75, 3.05) is 13.1 Å². The minimum Gasteiger partial charge on any atom is -0.316 e. The summed E-state index contributed by atoms with van der Waals surface area (Å²) in [6, 6.07) is 5.91. The van der Waals surface area contributed by atoms with Crippen molar-refractivity contribution in [3.63, 3.8) is 0 Å². The highest BCUT2D eigenvalue weighted by Gasteiger charge is 2.16. The molecule has 2 rings (SSSR count). The summed E-state index contributed by atoms with van der Waals surface area (Å²) in [5.74, 6) is 0.606. The molecule has 1 fully saturated rings. The zero-order chi connectivity index (χ0) is 9.26. The van der Waals surface area contributed by atoms with Gasteiger partial charge in [0.15, 0.2) is 0 Å². The molecule has 1 saturated heterocycles. The Kier molecular flexibility index (Phi) is 2.77. The van der Waals surface area contributed by atoms with Crippen molar-refractivity contribution >= 4 is 23.2 Å². The van der Waals surface area contributed by atoms with Gasteiger partial charge in [0.1, 0.15) is 0 Å². The Morgan fingerprint density at radius 3 is 2.69 bits per heavy atom. The summed E-state index contributed by atoms with van der Waals surface area (Å²) in [5, 5.41) is 4.62. The van der Waals surface area contributed by atoms with E-state index in [1.165, 1.54) is 12.0 Å². The van der Waals surface area contributed by atoms with E-state index in [2.05, 4.69) is 11.4 Å². The lowest BCUT2D eigenvalue weighted by atomic mass is 9.99. The second-order valence-corrected chi connectivity index (χ2v) is 4.18. The third-order valence-corrected chi connectivity index (χ3v) is 3.21. The van der Waals surface area contributed by atoms with E-state index >= 15 is 0 Å². The number of hydrogen-bond acceptors (Lipinski definition) is 1. The Bertz CT molecular complexity index is 306. The van der Waals surface area contributed by atoms with E-state index < -0.39 is 0 Å². The van der Waals surface area contributed by atoms with Crippen molar-refractivity contribution in [3.05, 3.63) is 33.8 Å². The predicted molar refractivity (Wildman–Crippen MR) is 56.7 cm³/mol. The predicted octanol–water partition coefficient (Wildman–Crippen LogP) is 3.07. The zero-order valence-corrected chi connectivity index (χ0v) is 8.70. The summed E-state index contributed by atoms with van der Waals surface area (Å²) in [4.78, 5) is 0. The molecule has 0 radical (unpaired) electrons. The van der Waals surface area contributed by atoms with Crippen LogP contribution in [0.1, 0.15) is 17.9 Å². The van der Waals surface area contributed by atoms with Gasteiger partial charge < -0.3 is 5.32 Å². The Morgan fingerprint density at radius 2 is 2.08 bits per heavy atom. The van der Waals surface area contributed by atoms with Crippen molar-refractivity contribution in [1.82, 2.24) is 5.32 Å². The Balaban J connectivity index is 2.25. The molecule has 0 saturated carbocycles. The second-order valence-electron chi connectivity index (χ2n) is 3.36. The fraction of sp³-hybridized carbons (Fsp3) is 0.400. The Labute approximate surface area is 88.0 Å². The largest absolute Gasteiger partial charge is 0.316 e. The van der Waals surface area contributed by atoms with Gasteiger partial charge in [-0.15, -0.1) is 0 Å². The summed E-state index contributed by atoms with van der Waals surface area (Å²) in [6.45, 7) is 2.16. The topological polar surface area (TPSA) is 12.0 Å². The highest BCUT2D eigenvalue weighted by molar-refractivity contribution is 6.42. The van der Waals surface area contributed by atoms with E-state index in [1.807, 2.05) is 12.1 Å². The standard InChI is InChI=1S/C10H11Cl2N/c11-9-2-1-7(5-10(9)12)8-3-4-13-6-8/h1-2,5,8,13H,3-4,6H2/t8-/m1/s1. The van der Waals surface area contributed by atoms with Crippen molar-refractivity contribution < 1.29 is 0 Å². The van der Waals surface area contributed by atoms with Gasteiger partial charge in [-0.05, 0) is 36.6 Å². The molecule has 13 heavy (non-hydrogen) atoms. The normalized spacial score (nSPS) is 22.2. The number of hydrogen-bond donors (Lipinski definition) is 1. The third-order valence-electron chi connectivity index (χ3n) is 2.48. The quantitative estimate of drug-likeness (QED) is 0.760. The van der Waals surface area contributed by atoms with Crippen LogP contribution in [-0.2, 0) is 0 Å². The monoisotopic (exact) mass is 215 g/mol. The average Bonchev–Trinajstić information content (AvgIpc) is 2.62. The van der Waals surface area contributed by atoms with E-state index in [0.717, 1.165) is 13.1 Å². The molecule has 1 atom stereocenters. The van der Waals surface area contributed by atoms with Crippen molar-refractivity contribution in [1.29, 1.82) is 0 Å². The molecule has 1 heterocycles. The van der Waals surface area contributed by atoms with Crippen molar-refractivity contribution in [3.8, 4) is 0 Å². The molecule has 3 heteroatoms. The molecule has 1 aliphatic rings. The van der Waals surface area contributed by atoms with E-state index in [-0.39, 0.29) is 0 Å². The summed E-state index contributed by atoms with van der Waals surface area (Å²) < 4.78 is 0. The lowest BCUT2D eigenvalue weighted by Gasteiger charge is -2.09. The molecular weight excluding hydrogens is 205 g/mol. The number of nitrogens with one attached hydrogen (secondary N) is 1. The molecule has 0 aliphatic carbocycles. The highest BCUT2D eigenvalue weighted by Crippen LogP contribution is 2.28. The molecule has 1 nitrogen and oxygen atoms in total. The molecule has 70 valence electrons. The molecule has 0 aromatic heterocycles. The maximum atomic E-state index is 5.94. The molecule has 1 aromatic rings. The fourth-order valence-electron chi connectivity index (χ4n) is 1.71. The van der Waals surface area contributed by atoms with Gasteiger partial charge in [0, 0.05) is 6.54 Å². The van der Waals surface area contributed by atoms with Gasteiger partial charge in [-0.2, -0.15) is 0 Å². The van der Waals surface area contributed by atoms with Crippen LogP contribution < -0.4 is 5.32 Å². The lowest BCUT2D eigenvalue weighted by Crippen LogP contribution is -2.07. The number of benzene rings is 1. The summed E-state index contributed by atoms with van der Waals surface area (Å²) in [7, 11) is 0. The van der Waals surface area contributed by atoms with Crippen LogP contribution in [0.3, 0.4) is 0 Å². The first-order chi connectivity index (χ1) is 6.27. The maximum Gasteiger partial charge on any atom is 0.0595 e. The van der Waals surface area contributed by atoms with Crippen LogP contribution in [0.5, 0.6) is 0 Å². The summed E-state index contributed by atoms with van der Waals surface area (Å²) in [5.41, 5.74) is 1.29. The van der Waals surface area contributed by atoms with Gasteiger partial charge in [-0.3, -0.25) is 0 Å². The van der Waals surface area contributed by atoms with Crippen LogP contribution >= 0.6 is 23.2 Å². The van der Waals surface area contributed by atoms with Gasteiger partial charge in [0.05, 0.1) is 10.0 Å². The molecule has 1 aliphatic heterocycles. The molecule has 1 aromatic carbocycles. The molecule has 0 amide bonds. The minimum absolute atomic E-state index is 0.606. The first kappa shape index (κ1) is 9.32. The summed E-state index contributed by atoms with van der Waals surface area (Å²) in [6.07, 6.45) is 1.19. The van der Waals surface area contributed by atoms with E-state index in [0.29, 0.717) is 16.0 Å². The van der Waals surface area contributed by atoms with Crippen LogP contribution in [0.25, 0.3) is 0 Å². The Morgan fingerprint density at radius 1 is 1.23 bits per heavy atom. The van der Waals surface area contributed by atoms with Crippen molar-refractivity contribution in [2.24, 2.45) is 0 Å². The average molecular weight is 216 g/mol. The van der Waals surface area contributed by atoms with Crippen LogP contribution in [0.2, 0.25) is 10.0 Å². The van der Waals surface area contributed by atoms with Crippen LogP contribution in [0, 0.1) is 0 Å². The fourth-order valence-corrected chi connectivity index (χ4v) is 2.01. The zero-order valence-electron chi connectivity index (χ0n) is 7.19. The molecule has 0 bridgehead atoms. The van der Waals surface area contributed by atoms with E-state index in [9.17, 15) is 0 Å². The first-order valence-corrected chi connectivity index (χ1v) is 5.18. The molecule has 0 spiro atoms. The van der Waals surface area contributed by atoms with E-state index in [1.54, 1.807) is 0 Å². The minimum atomic E-state index is 0.606. The smallest absolute Gasteiger partial charge is 0.0595 e. The molecular formula is C10H11Cl2N. The van der Waals surface area contributed by atoms with Crippen molar-refractivity contribution in [2.45, 2.75) is 12.3 Å². The third kappa shape index (κ3) is 1.98. The van der Waals surface area contributed by atoms with Crippen LogP contribution in [0.15, 0.2) is 18.2 Å². The first-order valence-electron chi connectivity index (χ1n) is 4.43. The highest BCUT2D eigenvalue weighted by atomic mass is 35.5. The molecule has 0 unspecified atom stereocenters. The Hall–Kier alpha value is -0.240. The van der Waals surface area contributed by atoms with Gasteiger partial charge in [0.2, 0.25) is 0 Å². The lowest BCUT2D eigenvalue weighted by molar-refractivity contribution is 0.763. The van der Waals surface area contributed by atoms with Crippen LogP contribution in [0.4, 0.5) is 0 Å². The van der Waals surface area contributed by atoms with Crippen LogP contribution in [-0.4, -0.2) is 13.1 Å². The van der Waals surface area contributed by atoms with E-state index in [4.69, 9.17) is 23.2 Å². The van der Waals surface area contributed by atoms with Gasteiger partial charge in [-0.1, -0.05) is 29.3 Å². The maximum absolute atomic E-state index is 5.94. The SMILES string of the molecule is Clc1ccc([C@@H]2CCNC2)cc1Cl. The summed E-state index contributed by atoms with van der Waals surface area (Å²) >= 11 is 11.8. The molecule has 1 N–H and O–H groups in total. The van der Waals surface area contributed by atoms with Gasteiger partial charge in [-0.25, -0.2) is 0 Å².